The van der Waals surface area contributed by atoms with Crippen LogP contribution in [0.15, 0.2) is 128 Å². The highest BCUT2D eigenvalue weighted by atomic mass is 19.1. The van der Waals surface area contributed by atoms with Gasteiger partial charge in [-0.15, -0.1) is 0 Å². The molecular formula is C38H28F2N6O. The first-order chi connectivity index (χ1) is 22.9. The van der Waals surface area contributed by atoms with Crippen LogP contribution in [0.25, 0.3) is 17.3 Å². The highest BCUT2D eigenvalue weighted by molar-refractivity contribution is 5.71. The molecule has 0 saturated heterocycles. The molecule has 0 fully saturated rings. The Kier molecular flexibility index (Phi) is 9.10. The van der Waals surface area contributed by atoms with Gasteiger partial charge in [0, 0.05) is 31.2 Å². The Morgan fingerprint density at radius 1 is 0.723 bits per heavy atom. The molecule has 0 aliphatic rings. The number of rotatable bonds is 10. The number of nitrogens with zero attached hydrogens (tertiary/aromatic N) is 6. The van der Waals surface area contributed by atoms with Gasteiger partial charge in [0.05, 0.1) is 41.1 Å². The number of aliphatic hydroxyl groups is 1. The van der Waals surface area contributed by atoms with Gasteiger partial charge in [0.1, 0.15) is 11.6 Å². The summed E-state index contributed by atoms with van der Waals surface area (Å²) >= 11 is 0. The first-order valence-electron chi connectivity index (χ1n) is 14.9. The average Bonchev–Trinajstić information content (AvgIpc) is 3.78. The maximum Gasteiger partial charge on any atom is 0.181 e. The summed E-state index contributed by atoms with van der Waals surface area (Å²) in [5.74, 6) is 0.301. The maximum absolute atomic E-state index is 13.6. The zero-order valence-corrected chi connectivity index (χ0v) is 25.1. The van der Waals surface area contributed by atoms with Crippen LogP contribution in [-0.2, 0) is 12.8 Å². The predicted octanol–water partition coefficient (Wildman–Crippen LogP) is 7.09. The standard InChI is InChI=1S/C38H28F2N6O/c39-32-14-5-26(6-15-32)9-18-34(30-10-1-28(24-41)2-11-30)45-21-19-43-37(45)38-44-20-22-46(38)36(31-12-3-29(25-42)4-13-31)35(47)23-27-7-16-33(40)17-8-27/h1-8,10-22,35-36,47H,9,23H2. The Bertz CT molecular complexity index is 2080. The van der Waals surface area contributed by atoms with Gasteiger partial charge in [-0.05, 0) is 77.2 Å². The van der Waals surface area contributed by atoms with Gasteiger partial charge in [0.15, 0.2) is 11.6 Å². The molecule has 1 N–H and O–H groups in total. The SMILES string of the molecule is N#Cc1ccc(C(=CCc2ccc(F)cc2)n2ccnc2-c2nccn2C(c2ccc(C#N)cc2)C(O)Cc2ccc(F)cc2)cc1. The minimum absolute atomic E-state index is 0.227. The van der Waals surface area contributed by atoms with E-state index < -0.39 is 12.1 Å². The van der Waals surface area contributed by atoms with Crippen LogP contribution in [0, 0.1) is 34.3 Å². The minimum Gasteiger partial charge on any atom is -0.390 e. The van der Waals surface area contributed by atoms with Gasteiger partial charge in [-0.3, -0.25) is 4.57 Å². The molecule has 9 heteroatoms. The molecule has 2 aromatic heterocycles. The third-order valence-corrected chi connectivity index (χ3v) is 7.93. The van der Waals surface area contributed by atoms with Gasteiger partial charge in [-0.25, -0.2) is 18.7 Å². The number of benzene rings is 4. The Balaban J connectivity index is 1.44. The summed E-state index contributed by atoms with van der Waals surface area (Å²) in [5.41, 5.74) is 5.01. The van der Waals surface area contributed by atoms with Crippen LogP contribution in [-0.4, -0.2) is 30.3 Å². The second kappa shape index (κ2) is 13.9. The van der Waals surface area contributed by atoms with E-state index >= 15 is 0 Å². The summed E-state index contributed by atoms with van der Waals surface area (Å²) in [7, 11) is 0. The first kappa shape index (κ1) is 30.8. The topological polar surface area (TPSA) is 103 Å². The van der Waals surface area contributed by atoms with Crippen molar-refractivity contribution < 1.29 is 13.9 Å². The molecule has 2 unspecified atom stereocenters. The molecule has 7 nitrogen and oxygen atoms in total. The van der Waals surface area contributed by atoms with E-state index in [4.69, 9.17) is 4.98 Å². The van der Waals surface area contributed by atoms with Crippen molar-refractivity contribution >= 4 is 5.70 Å². The van der Waals surface area contributed by atoms with Crippen LogP contribution in [0.1, 0.15) is 39.4 Å². The molecule has 230 valence electrons. The van der Waals surface area contributed by atoms with Crippen molar-refractivity contribution in [1.29, 1.82) is 10.5 Å². The smallest absolute Gasteiger partial charge is 0.181 e. The highest BCUT2D eigenvalue weighted by Gasteiger charge is 2.28. The number of hydrogen-bond acceptors (Lipinski definition) is 5. The molecule has 2 heterocycles. The van der Waals surface area contributed by atoms with Crippen LogP contribution in [0.2, 0.25) is 0 Å². The lowest BCUT2D eigenvalue weighted by molar-refractivity contribution is 0.131. The van der Waals surface area contributed by atoms with Crippen LogP contribution in [0.4, 0.5) is 8.78 Å². The number of hydrogen-bond donors (Lipinski definition) is 1. The maximum atomic E-state index is 13.6. The third-order valence-electron chi connectivity index (χ3n) is 7.93. The van der Waals surface area contributed by atoms with Gasteiger partial charge in [0.25, 0.3) is 0 Å². The number of halogens is 2. The van der Waals surface area contributed by atoms with E-state index in [1.807, 2.05) is 33.5 Å². The number of allylic oxidation sites excluding steroid dienone is 1. The van der Waals surface area contributed by atoms with Crippen molar-refractivity contribution in [2.75, 3.05) is 0 Å². The second-order valence-electron chi connectivity index (χ2n) is 11.0. The molecule has 0 spiro atoms. The van der Waals surface area contributed by atoms with Crippen molar-refractivity contribution in [3.05, 3.63) is 173 Å². The van der Waals surface area contributed by atoms with E-state index in [1.54, 1.807) is 79.3 Å². The summed E-state index contributed by atoms with van der Waals surface area (Å²) < 4.78 is 31.0. The van der Waals surface area contributed by atoms with Crippen LogP contribution in [0.3, 0.4) is 0 Å². The van der Waals surface area contributed by atoms with Crippen LogP contribution >= 0.6 is 0 Å². The quantitative estimate of drug-likeness (QED) is 0.176. The largest absolute Gasteiger partial charge is 0.390 e. The highest BCUT2D eigenvalue weighted by Crippen LogP contribution is 2.32. The molecule has 0 bridgehead atoms. The van der Waals surface area contributed by atoms with E-state index in [0.717, 1.165) is 28.0 Å². The number of aromatic nitrogens is 4. The first-order valence-corrected chi connectivity index (χ1v) is 14.9. The lowest BCUT2D eigenvalue weighted by atomic mass is 9.95. The molecule has 2 atom stereocenters. The molecule has 0 aliphatic carbocycles. The Morgan fingerprint density at radius 3 is 1.89 bits per heavy atom. The van der Waals surface area contributed by atoms with Crippen molar-refractivity contribution in [3.63, 3.8) is 0 Å². The summed E-state index contributed by atoms with van der Waals surface area (Å²) in [6.45, 7) is 0. The number of imidazole rings is 2. The number of nitriles is 2. The summed E-state index contributed by atoms with van der Waals surface area (Å²) in [6, 6.07) is 30.2. The second-order valence-corrected chi connectivity index (χ2v) is 11.0. The predicted molar refractivity (Wildman–Crippen MR) is 173 cm³/mol. The van der Waals surface area contributed by atoms with E-state index in [1.165, 1.54) is 24.3 Å². The molecule has 47 heavy (non-hydrogen) atoms. The monoisotopic (exact) mass is 622 g/mol. The van der Waals surface area contributed by atoms with Gasteiger partial charge in [-0.2, -0.15) is 10.5 Å². The van der Waals surface area contributed by atoms with Crippen LogP contribution in [0.5, 0.6) is 0 Å². The van der Waals surface area contributed by atoms with E-state index in [-0.39, 0.29) is 18.1 Å². The molecule has 4 aromatic carbocycles. The lowest BCUT2D eigenvalue weighted by Crippen LogP contribution is -2.28. The summed E-state index contributed by atoms with van der Waals surface area (Å²) in [5, 5.41) is 30.5. The Morgan fingerprint density at radius 2 is 1.28 bits per heavy atom. The average molecular weight is 623 g/mol. The zero-order chi connectivity index (χ0) is 32.8. The molecule has 0 saturated carbocycles. The number of aliphatic hydroxyl groups excluding tert-OH is 1. The van der Waals surface area contributed by atoms with E-state index in [9.17, 15) is 24.4 Å². The fourth-order valence-electron chi connectivity index (χ4n) is 5.58. The van der Waals surface area contributed by atoms with Crippen molar-refractivity contribution in [3.8, 4) is 23.8 Å². The lowest BCUT2D eigenvalue weighted by Gasteiger charge is -2.27. The van der Waals surface area contributed by atoms with Gasteiger partial charge in [0.2, 0.25) is 0 Å². The van der Waals surface area contributed by atoms with Crippen molar-refractivity contribution in [2.24, 2.45) is 0 Å². The molecule has 6 rings (SSSR count). The minimum atomic E-state index is -0.961. The molecule has 0 amide bonds. The van der Waals surface area contributed by atoms with Crippen LogP contribution < -0.4 is 0 Å². The zero-order valence-electron chi connectivity index (χ0n) is 25.1. The Hall–Kier alpha value is -6.16. The molecule has 0 aliphatic heterocycles. The fraction of sp³-hybridized carbons (Fsp3) is 0.105. The normalized spacial score (nSPS) is 12.7. The fourth-order valence-corrected chi connectivity index (χ4v) is 5.58. The van der Waals surface area contributed by atoms with E-state index in [0.29, 0.717) is 29.2 Å². The van der Waals surface area contributed by atoms with Gasteiger partial charge >= 0.3 is 0 Å². The van der Waals surface area contributed by atoms with E-state index in [2.05, 4.69) is 17.1 Å². The van der Waals surface area contributed by atoms with Crippen molar-refractivity contribution in [2.45, 2.75) is 25.0 Å². The Labute approximate surface area is 270 Å². The van der Waals surface area contributed by atoms with Crippen molar-refractivity contribution in [1.82, 2.24) is 19.1 Å². The molecular weight excluding hydrogens is 594 g/mol. The third kappa shape index (κ3) is 6.91. The summed E-state index contributed by atoms with van der Waals surface area (Å²) in [4.78, 5) is 9.38. The molecule has 6 aromatic rings. The van der Waals surface area contributed by atoms with Gasteiger partial charge < -0.3 is 9.67 Å². The summed E-state index contributed by atoms with van der Waals surface area (Å²) in [6.07, 6.45) is 8.65. The van der Waals surface area contributed by atoms with Gasteiger partial charge in [-0.1, -0.05) is 54.6 Å². The molecule has 0 radical (unpaired) electrons.